The van der Waals surface area contributed by atoms with Gasteiger partial charge in [0, 0.05) is 16.8 Å². The van der Waals surface area contributed by atoms with Gasteiger partial charge in [0.15, 0.2) is 5.82 Å². The second-order valence-electron chi connectivity index (χ2n) is 8.21. The third-order valence-corrected chi connectivity index (χ3v) is 4.90. The van der Waals surface area contributed by atoms with E-state index in [-0.39, 0.29) is 17.7 Å². The molecule has 6 nitrogen and oxygen atoms in total. The first kappa shape index (κ1) is 22.2. The fourth-order valence-electron chi connectivity index (χ4n) is 3.18. The van der Waals surface area contributed by atoms with Crippen LogP contribution in [0.2, 0.25) is 0 Å². The van der Waals surface area contributed by atoms with Gasteiger partial charge in [-0.05, 0) is 67.4 Å². The quantitative estimate of drug-likeness (QED) is 0.399. The van der Waals surface area contributed by atoms with Crippen LogP contribution >= 0.6 is 0 Å². The Balaban J connectivity index is 1.66. The first-order valence-corrected chi connectivity index (χ1v) is 10.7. The average Bonchev–Trinajstić information content (AvgIpc) is 3.23. The summed E-state index contributed by atoms with van der Waals surface area (Å²) < 4.78 is 20.8. The summed E-state index contributed by atoms with van der Waals surface area (Å²) in [5.74, 6) is 0.287. The minimum Gasteiger partial charge on any atom is -0.462 e. The molecule has 1 N–H and O–H groups in total. The number of nitrogens with one attached hydrogen (secondary N) is 1. The van der Waals surface area contributed by atoms with E-state index in [9.17, 15) is 9.18 Å². The van der Waals surface area contributed by atoms with Gasteiger partial charge in [-0.3, -0.25) is 4.79 Å². The molecular weight excluding hydrogens is 419 g/mol. The average molecular weight is 445 g/mol. The van der Waals surface area contributed by atoms with Gasteiger partial charge in [0.05, 0.1) is 12.3 Å². The van der Waals surface area contributed by atoms with Gasteiger partial charge in [-0.2, -0.15) is 4.98 Å². The summed E-state index contributed by atoms with van der Waals surface area (Å²) in [6.45, 7) is 6.52. The van der Waals surface area contributed by atoms with E-state index in [1.807, 2.05) is 45.0 Å². The van der Waals surface area contributed by atoms with Crippen LogP contribution in [0.15, 0.2) is 72.8 Å². The molecule has 0 aliphatic heterocycles. The fourth-order valence-corrected chi connectivity index (χ4v) is 3.18. The highest BCUT2D eigenvalue weighted by atomic mass is 19.1. The summed E-state index contributed by atoms with van der Waals surface area (Å²) in [6, 6.07) is 20.9. The van der Waals surface area contributed by atoms with Crippen LogP contribution in [0.25, 0.3) is 17.1 Å². The first-order chi connectivity index (χ1) is 15.9. The van der Waals surface area contributed by atoms with Crippen molar-refractivity contribution < 1.29 is 13.9 Å². The summed E-state index contributed by atoms with van der Waals surface area (Å²) in [7, 11) is 0. The van der Waals surface area contributed by atoms with Crippen LogP contribution in [0, 0.1) is 18.7 Å². The SMILES string of the molecule is Cc1ccc(C(=O)Nc2cccc(-n3nc(OCC(C)C)nc3-c3ccc(F)cc3)c2)cc1. The first-order valence-electron chi connectivity index (χ1n) is 10.7. The standard InChI is InChI=1S/C26H25FN4O2/c1-17(2)16-33-26-29-24(19-11-13-21(27)14-12-19)31(30-26)23-6-4-5-22(15-23)28-25(32)20-9-7-18(3)8-10-20/h4-15,17H,16H2,1-3H3,(H,28,32). The maximum atomic E-state index is 13.5. The van der Waals surface area contributed by atoms with Crippen LogP contribution in [0.1, 0.15) is 29.8 Å². The van der Waals surface area contributed by atoms with Crippen LogP contribution in [0.3, 0.4) is 0 Å². The highest BCUT2D eigenvalue weighted by Crippen LogP contribution is 2.25. The number of nitrogens with zero attached hydrogens (tertiary/aromatic N) is 3. The van der Waals surface area contributed by atoms with Gasteiger partial charge < -0.3 is 10.1 Å². The summed E-state index contributed by atoms with van der Waals surface area (Å²) in [6.07, 6.45) is 0. The Morgan fingerprint density at radius 1 is 1.06 bits per heavy atom. The van der Waals surface area contributed by atoms with Crippen molar-refractivity contribution in [1.29, 1.82) is 0 Å². The number of carbonyl (C=O) groups excluding carboxylic acids is 1. The van der Waals surface area contributed by atoms with Crippen molar-refractivity contribution in [3.8, 4) is 23.1 Å². The molecule has 4 rings (SSSR count). The molecule has 0 fully saturated rings. The van der Waals surface area contributed by atoms with Crippen molar-refractivity contribution in [2.75, 3.05) is 11.9 Å². The van der Waals surface area contributed by atoms with Gasteiger partial charge in [-0.1, -0.05) is 37.6 Å². The van der Waals surface area contributed by atoms with Gasteiger partial charge in [0.1, 0.15) is 5.82 Å². The lowest BCUT2D eigenvalue weighted by atomic mass is 10.1. The number of anilines is 1. The Morgan fingerprint density at radius 2 is 1.79 bits per heavy atom. The number of aromatic nitrogens is 3. The lowest BCUT2D eigenvalue weighted by Gasteiger charge is -2.10. The number of benzene rings is 3. The van der Waals surface area contributed by atoms with E-state index in [0.29, 0.717) is 40.9 Å². The Hall–Kier alpha value is -4.00. The van der Waals surface area contributed by atoms with E-state index in [0.717, 1.165) is 5.56 Å². The summed E-state index contributed by atoms with van der Waals surface area (Å²) in [5, 5.41) is 7.44. The van der Waals surface area contributed by atoms with E-state index in [4.69, 9.17) is 4.74 Å². The largest absolute Gasteiger partial charge is 0.462 e. The lowest BCUT2D eigenvalue weighted by Crippen LogP contribution is -2.12. The molecule has 33 heavy (non-hydrogen) atoms. The molecule has 1 aromatic heterocycles. The van der Waals surface area contributed by atoms with Crippen molar-refractivity contribution in [3.63, 3.8) is 0 Å². The summed E-state index contributed by atoms with van der Waals surface area (Å²) in [4.78, 5) is 17.2. The van der Waals surface area contributed by atoms with Crippen molar-refractivity contribution >= 4 is 11.6 Å². The minimum atomic E-state index is -0.332. The van der Waals surface area contributed by atoms with Crippen LogP contribution in [-0.2, 0) is 0 Å². The highest BCUT2D eigenvalue weighted by Gasteiger charge is 2.16. The van der Waals surface area contributed by atoms with E-state index in [1.54, 1.807) is 41.1 Å². The Bertz CT molecular complexity index is 1250. The maximum absolute atomic E-state index is 13.5. The molecule has 0 saturated heterocycles. The Kier molecular flexibility index (Phi) is 6.49. The van der Waals surface area contributed by atoms with E-state index in [2.05, 4.69) is 15.4 Å². The number of amides is 1. The number of hydrogen-bond donors (Lipinski definition) is 1. The molecule has 1 amide bonds. The third-order valence-electron chi connectivity index (χ3n) is 4.90. The highest BCUT2D eigenvalue weighted by molar-refractivity contribution is 6.04. The molecule has 0 aliphatic rings. The van der Waals surface area contributed by atoms with E-state index in [1.165, 1.54) is 12.1 Å². The molecule has 0 radical (unpaired) electrons. The monoisotopic (exact) mass is 444 g/mol. The van der Waals surface area contributed by atoms with E-state index >= 15 is 0 Å². The molecular formula is C26H25FN4O2. The predicted octanol–water partition coefficient (Wildman–Crippen LogP) is 5.67. The molecule has 0 atom stereocenters. The number of ether oxygens (including phenoxy) is 1. The van der Waals surface area contributed by atoms with Gasteiger partial charge in [-0.15, -0.1) is 5.10 Å². The number of carbonyl (C=O) groups is 1. The minimum absolute atomic E-state index is 0.203. The third kappa shape index (κ3) is 5.44. The summed E-state index contributed by atoms with van der Waals surface area (Å²) in [5.41, 5.74) is 3.65. The van der Waals surface area contributed by atoms with Crippen LogP contribution in [-0.4, -0.2) is 27.3 Å². The molecule has 0 saturated carbocycles. The number of hydrogen-bond acceptors (Lipinski definition) is 4. The van der Waals surface area contributed by atoms with Crippen LogP contribution in [0.5, 0.6) is 6.01 Å². The van der Waals surface area contributed by atoms with Gasteiger partial charge in [0.25, 0.3) is 5.91 Å². The molecule has 4 aromatic rings. The molecule has 7 heteroatoms. The Labute approximate surface area is 192 Å². The van der Waals surface area contributed by atoms with Gasteiger partial charge >= 0.3 is 6.01 Å². The van der Waals surface area contributed by atoms with Gasteiger partial charge in [-0.25, -0.2) is 9.07 Å². The number of rotatable bonds is 7. The van der Waals surface area contributed by atoms with Crippen molar-refractivity contribution in [3.05, 3.63) is 89.7 Å². The van der Waals surface area contributed by atoms with Crippen molar-refractivity contribution in [2.24, 2.45) is 5.92 Å². The van der Waals surface area contributed by atoms with E-state index < -0.39 is 0 Å². The maximum Gasteiger partial charge on any atom is 0.336 e. The second-order valence-corrected chi connectivity index (χ2v) is 8.21. The topological polar surface area (TPSA) is 69.0 Å². The number of aryl methyl sites for hydroxylation is 1. The molecule has 0 bridgehead atoms. The molecule has 0 aliphatic carbocycles. The lowest BCUT2D eigenvalue weighted by molar-refractivity contribution is 0.102. The molecule has 3 aromatic carbocycles. The van der Waals surface area contributed by atoms with Gasteiger partial charge in [0.2, 0.25) is 0 Å². The summed E-state index contributed by atoms with van der Waals surface area (Å²) >= 11 is 0. The predicted molar refractivity (Wildman–Crippen MR) is 126 cm³/mol. The zero-order chi connectivity index (χ0) is 23.4. The normalized spacial score (nSPS) is 10.9. The Morgan fingerprint density at radius 3 is 2.48 bits per heavy atom. The van der Waals surface area contributed by atoms with Crippen molar-refractivity contribution in [2.45, 2.75) is 20.8 Å². The smallest absolute Gasteiger partial charge is 0.336 e. The zero-order valence-corrected chi connectivity index (χ0v) is 18.7. The van der Waals surface area contributed by atoms with Crippen LogP contribution < -0.4 is 10.1 Å². The molecule has 1 heterocycles. The molecule has 168 valence electrons. The van der Waals surface area contributed by atoms with Crippen LogP contribution in [0.4, 0.5) is 10.1 Å². The molecule has 0 spiro atoms. The fraction of sp³-hybridized carbons (Fsp3) is 0.192. The zero-order valence-electron chi connectivity index (χ0n) is 18.7. The number of halogens is 1. The molecule has 0 unspecified atom stereocenters. The van der Waals surface area contributed by atoms with Crippen molar-refractivity contribution in [1.82, 2.24) is 14.8 Å². The second kappa shape index (κ2) is 9.65.